The Morgan fingerprint density at radius 2 is 1.71 bits per heavy atom. The lowest BCUT2D eigenvalue weighted by atomic mass is 10.1. The molecule has 24 heavy (non-hydrogen) atoms. The van der Waals surface area contributed by atoms with Crippen LogP contribution in [0.1, 0.15) is 41.6 Å². The van der Waals surface area contributed by atoms with Crippen LogP contribution in [0.5, 0.6) is 11.5 Å². The number of ether oxygens (including phenoxy) is 2. The fourth-order valence-corrected chi connectivity index (χ4v) is 3.93. The maximum atomic E-state index is 13.1. The molecule has 0 bridgehead atoms. The highest BCUT2D eigenvalue weighted by atomic mass is 16.5. The van der Waals surface area contributed by atoms with Gasteiger partial charge in [0.25, 0.3) is 5.91 Å². The highest BCUT2D eigenvalue weighted by molar-refractivity contribution is 5.95. The predicted octanol–water partition coefficient (Wildman–Crippen LogP) is 2.71. The van der Waals surface area contributed by atoms with Crippen molar-refractivity contribution in [2.24, 2.45) is 0 Å². The van der Waals surface area contributed by atoms with Crippen LogP contribution >= 0.6 is 0 Å². The van der Waals surface area contributed by atoms with E-state index in [4.69, 9.17) is 9.47 Å². The summed E-state index contributed by atoms with van der Waals surface area (Å²) in [6, 6.07) is 4.01. The summed E-state index contributed by atoms with van der Waals surface area (Å²) in [4.78, 5) is 17.6. The summed E-state index contributed by atoms with van der Waals surface area (Å²) in [6.07, 6.45) is 4.76. The van der Waals surface area contributed by atoms with E-state index >= 15 is 0 Å². The average molecular weight is 332 g/mol. The van der Waals surface area contributed by atoms with Crippen molar-refractivity contribution in [3.8, 4) is 11.5 Å². The number of hydrogen-bond donors (Lipinski definition) is 0. The summed E-state index contributed by atoms with van der Waals surface area (Å²) in [5.74, 6) is 1.49. The lowest BCUT2D eigenvalue weighted by Crippen LogP contribution is -2.42. The fraction of sp³-hybridized carbons (Fsp3) is 0.632. The van der Waals surface area contributed by atoms with E-state index in [-0.39, 0.29) is 5.91 Å². The molecular weight excluding hydrogens is 304 g/mol. The van der Waals surface area contributed by atoms with Gasteiger partial charge in [-0.15, -0.1) is 0 Å². The number of amides is 1. The van der Waals surface area contributed by atoms with Crippen LogP contribution in [0.2, 0.25) is 0 Å². The molecule has 132 valence electrons. The summed E-state index contributed by atoms with van der Waals surface area (Å²) in [6.45, 7) is 6.13. The number of rotatable bonds is 5. The molecule has 2 aliphatic heterocycles. The van der Waals surface area contributed by atoms with Gasteiger partial charge in [0, 0.05) is 30.3 Å². The molecule has 1 aromatic carbocycles. The maximum absolute atomic E-state index is 13.1. The summed E-state index contributed by atoms with van der Waals surface area (Å²) in [5.41, 5.74) is 1.58. The molecule has 0 saturated carbocycles. The number of carbonyl (C=O) groups excluding carboxylic acids is 1. The van der Waals surface area contributed by atoms with E-state index in [0.29, 0.717) is 23.1 Å². The first-order valence-corrected chi connectivity index (χ1v) is 8.90. The van der Waals surface area contributed by atoms with Gasteiger partial charge in [-0.05, 0) is 57.8 Å². The largest absolute Gasteiger partial charge is 0.496 e. The van der Waals surface area contributed by atoms with E-state index < -0.39 is 0 Å². The van der Waals surface area contributed by atoms with Gasteiger partial charge in [0.2, 0.25) is 0 Å². The molecule has 1 aromatic rings. The Morgan fingerprint density at radius 1 is 1.08 bits per heavy atom. The quantitative estimate of drug-likeness (QED) is 0.831. The van der Waals surface area contributed by atoms with Gasteiger partial charge in [-0.1, -0.05) is 0 Å². The van der Waals surface area contributed by atoms with E-state index in [2.05, 4.69) is 4.90 Å². The monoisotopic (exact) mass is 332 g/mol. The van der Waals surface area contributed by atoms with E-state index in [1.807, 2.05) is 24.0 Å². The number of hydrogen-bond acceptors (Lipinski definition) is 4. The van der Waals surface area contributed by atoms with Gasteiger partial charge in [0.15, 0.2) is 0 Å². The van der Waals surface area contributed by atoms with Gasteiger partial charge in [0.05, 0.1) is 14.2 Å². The molecule has 1 atom stereocenters. The van der Waals surface area contributed by atoms with Crippen LogP contribution in [0.25, 0.3) is 0 Å². The standard InChI is InChI=1S/C19H28N2O3/c1-14-17(23-2)11-15(12-18(14)24-3)19(22)21-10-6-7-16(21)13-20-8-4-5-9-20/h11-12,16H,4-10,13H2,1-3H3/t16-/m1/s1. The van der Waals surface area contributed by atoms with Crippen molar-refractivity contribution in [2.75, 3.05) is 40.4 Å². The molecule has 0 spiro atoms. The number of nitrogens with zero attached hydrogens (tertiary/aromatic N) is 2. The Morgan fingerprint density at radius 3 is 2.29 bits per heavy atom. The second kappa shape index (κ2) is 7.43. The van der Waals surface area contributed by atoms with Crippen molar-refractivity contribution < 1.29 is 14.3 Å². The van der Waals surface area contributed by atoms with Gasteiger partial charge in [-0.3, -0.25) is 4.79 Å². The fourth-order valence-electron chi connectivity index (χ4n) is 3.93. The van der Waals surface area contributed by atoms with Crippen molar-refractivity contribution in [1.82, 2.24) is 9.80 Å². The Bertz CT molecular complexity index is 571. The second-order valence-corrected chi connectivity index (χ2v) is 6.81. The van der Waals surface area contributed by atoms with Crippen molar-refractivity contribution in [1.29, 1.82) is 0 Å². The van der Waals surface area contributed by atoms with Gasteiger partial charge in [-0.25, -0.2) is 0 Å². The Kier molecular flexibility index (Phi) is 5.29. The van der Waals surface area contributed by atoms with Crippen LogP contribution in [-0.2, 0) is 0 Å². The van der Waals surface area contributed by atoms with Crippen LogP contribution in [-0.4, -0.2) is 62.1 Å². The summed E-state index contributed by atoms with van der Waals surface area (Å²) in [5, 5.41) is 0. The molecule has 2 aliphatic rings. The lowest BCUT2D eigenvalue weighted by molar-refractivity contribution is 0.0708. The zero-order chi connectivity index (χ0) is 17.1. The number of methoxy groups -OCH3 is 2. The molecule has 1 amide bonds. The van der Waals surface area contributed by atoms with Crippen molar-refractivity contribution in [2.45, 2.75) is 38.6 Å². The third-order valence-corrected chi connectivity index (χ3v) is 5.30. The Hall–Kier alpha value is -1.75. The van der Waals surface area contributed by atoms with Crippen LogP contribution in [0.15, 0.2) is 12.1 Å². The molecule has 2 heterocycles. The van der Waals surface area contributed by atoms with Crippen molar-refractivity contribution in [3.63, 3.8) is 0 Å². The first kappa shape index (κ1) is 17.1. The van der Waals surface area contributed by atoms with Crippen molar-refractivity contribution in [3.05, 3.63) is 23.3 Å². The molecule has 2 fully saturated rings. The molecule has 5 nitrogen and oxygen atoms in total. The van der Waals surface area contributed by atoms with Crippen LogP contribution in [0.3, 0.4) is 0 Å². The number of benzene rings is 1. The highest BCUT2D eigenvalue weighted by Crippen LogP contribution is 2.31. The van der Waals surface area contributed by atoms with E-state index in [0.717, 1.165) is 31.5 Å². The third-order valence-electron chi connectivity index (χ3n) is 5.30. The molecule has 5 heteroatoms. The molecule has 0 N–H and O–H groups in total. The molecule has 0 unspecified atom stereocenters. The Labute approximate surface area is 144 Å². The summed E-state index contributed by atoms with van der Waals surface area (Å²) in [7, 11) is 3.25. The number of likely N-dealkylation sites (tertiary alicyclic amines) is 2. The van der Waals surface area contributed by atoms with Crippen molar-refractivity contribution >= 4 is 5.91 Å². The second-order valence-electron chi connectivity index (χ2n) is 6.81. The normalized spacial score (nSPS) is 21.3. The zero-order valence-corrected chi connectivity index (χ0v) is 15.0. The number of carbonyl (C=O) groups is 1. The minimum atomic E-state index is 0.0910. The van der Waals surface area contributed by atoms with E-state index in [9.17, 15) is 4.79 Å². The molecular formula is C19H28N2O3. The summed E-state index contributed by atoms with van der Waals surface area (Å²) >= 11 is 0. The van der Waals surface area contributed by atoms with Gasteiger partial charge >= 0.3 is 0 Å². The highest BCUT2D eigenvalue weighted by Gasteiger charge is 2.32. The van der Waals surface area contributed by atoms with Gasteiger partial charge < -0.3 is 19.3 Å². The first-order chi connectivity index (χ1) is 11.6. The minimum Gasteiger partial charge on any atom is -0.496 e. The third kappa shape index (κ3) is 3.36. The van der Waals surface area contributed by atoms with Crippen LogP contribution in [0, 0.1) is 6.92 Å². The first-order valence-electron chi connectivity index (χ1n) is 8.90. The molecule has 0 aliphatic carbocycles. The zero-order valence-electron chi connectivity index (χ0n) is 15.0. The Balaban J connectivity index is 1.79. The lowest BCUT2D eigenvalue weighted by Gasteiger charge is -2.29. The molecule has 0 radical (unpaired) electrons. The maximum Gasteiger partial charge on any atom is 0.254 e. The van der Waals surface area contributed by atoms with Crippen LogP contribution < -0.4 is 9.47 Å². The van der Waals surface area contributed by atoms with Gasteiger partial charge in [0.1, 0.15) is 11.5 Å². The topological polar surface area (TPSA) is 42.0 Å². The smallest absolute Gasteiger partial charge is 0.254 e. The minimum absolute atomic E-state index is 0.0910. The van der Waals surface area contributed by atoms with E-state index in [1.54, 1.807) is 14.2 Å². The average Bonchev–Trinajstić information content (AvgIpc) is 3.27. The summed E-state index contributed by atoms with van der Waals surface area (Å²) < 4.78 is 10.8. The predicted molar refractivity (Wildman–Crippen MR) is 94.0 cm³/mol. The van der Waals surface area contributed by atoms with E-state index in [1.165, 1.54) is 25.9 Å². The molecule has 3 rings (SSSR count). The SMILES string of the molecule is COc1cc(C(=O)N2CCC[C@@H]2CN2CCCC2)cc(OC)c1C. The van der Waals surface area contributed by atoms with Crippen LogP contribution in [0.4, 0.5) is 0 Å². The molecule has 0 aromatic heterocycles. The molecule has 2 saturated heterocycles. The van der Waals surface area contributed by atoms with Gasteiger partial charge in [-0.2, -0.15) is 0 Å².